The molecule has 0 saturated carbocycles. The Morgan fingerprint density at radius 2 is 1.65 bits per heavy atom. The van der Waals surface area contributed by atoms with Crippen molar-refractivity contribution >= 4 is 54.8 Å². The maximum atomic E-state index is 3.60. The zero-order valence-electron chi connectivity index (χ0n) is 8.94. The Hall–Kier alpha value is -0.260. The van der Waals surface area contributed by atoms with Gasteiger partial charge in [-0.15, -0.1) is 0 Å². The second kappa shape index (κ2) is 6.61. The molecule has 0 nitrogen and oxygen atoms in total. The number of halogens is 2. The number of rotatable bonds is 3. The highest BCUT2D eigenvalue weighted by molar-refractivity contribution is 14.1. The number of hydrogen-bond acceptors (Lipinski definition) is 1. The molecule has 0 aliphatic rings. The molecule has 0 atom stereocenters. The normalized spacial score (nSPS) is 11.5. The van der Waals surface area contributed by atoms with E-state index in [-0.39, 0.29) is 0 Å². The largest absolute Gasteiger partial charge is 0.0969 e. The molecule has 2 rings (SSSR count). The molecule has 0 aromatic heterocycles. The van der Waals surface area contributed by atoms with Crippen molar-refractivity contribution in [2.45, 2.75) is 4.90 Å². The van der Waals surface area contributed by atoms with Crippen molar-refractivity contribution in [3.8, 4) is 0 Å². The maximum absolute atomic E-state index is 3.60. The van der Waals surface area contributed by atoms with E-state index in [1.807, 2.05) is 18.2 Å². The second-order valence-electron chi connectivity index (χ2n) is 3.40. The first-order valence-electron chi connectivity index (χ1n) is 5.09. The van der Waals surface area contributed by atoms with Crippen LogP contribution in [0.1, 0.15) is 5.56 Å². The summed E-state index contributed by atoms with van der Waals surface area (Å²) in [5, 5.41) is 2.12. The minimum Gasteiger partial charge on any atom is -0.0969 e. The van der Waals surface area contributed by atoms with Crippen molar-refractivity contribution in [2.24, 2.45) is 0 Å². The van der Waals surface area contributed by atoms with Crippen molar-refractivity contribution in [2.75, 3.05) is 0 Å². The van der Waals surface area contributed by atoms with Crippen LogP contribution in [0.2, 0.25) is 0 Å². The molecule has 3 heteroatoms. The van der Waals surface area contributed by atoms with Gasteiger partial charge in [0.15, 0.2) is 0 Å². The first-order chi connectivity index (χ1) is 8.25. The van der Waals surface area contributed by atoms with E-state index in [1.165, 1.54) is 14.0 Å². The zero-order valence-corrected chi connectivity index (χ0v) is 13.5. The molecule has 0 bridgehead atoms. The van der Waals surface area contributed by atoms with Crippen LogP contribution in [0.25, 0.3) is 4.48 Å². The molecule has 0 aliphatic carbocycles. The van der Waals surface area contributed by atoms with Crippen LogP contribution in [0.15, 0.2) is 64.9 Å². The molecule has 0 unspecified atom stereocenters. The van der Waals surface area contributed by atoms with Gasteiger partial charge in [0.05, 0.1) is 0 Å². The number of benzene rings is 2. The van der Waals surface area contributed by atoms with Gasteiger partial charge in [0.2, 0.25) is 0 Å². The van der Waals surface area contributed by atoms with Crippen LogP contribution in [0.3, 0.4) is 0 Å². The lowest BCUT2D eigenvalue weighted by molar-refractivity contribution is 1.45. The molecule has 17 heavy (non-hydrogen) atoms. The van der Waals surface area contributed by atoms with E-state index in [1.54, 1.807) is 11.8 Å². The molecule has 0 spiro atoms. The molecule has 0 N–H and O–H groups in total. The maximum Gasteiger partial charge on any atom is 0.0314 e. The lowest BCUT2D eigenvalue weighted by Gasteiger charge is -2.00. The van der Waals surface area contributed by atoms with Crippen molar-refractivity contribution in [3.63, 3.8) is 0 Å². The average Bonchev–Trinajstić information content (AvgIpc) is 2.39. The molecule has 0 saturated heterocycles. The molecule has 0 amide bonds. The van der Waals surface area contributed by atoms with Crippen LogP contribution in [0.4, 0.5) is 0 Å². The fourth-order valence-electron chi connectivity index (χ4n) is 1.30. The molecular formula is C14H10BrIS. The minimum absolute atomic E-state index is 1.11. The zero-order chi connectivity index (χ0) is 12.1. The molecule has 0 aliphatic heterocycles. The molecular weight excluding hydrogens is 407 g/mol. The van der Waals surface area contributed by atoms with E-state index >= 15 is 0 Å². The minimum atomic E-state index is 1.11. The fraction of sp³-hybridized carbons (Fsp3) is 0. The smallest absolute Gasteiger partial charge is 0.0314 e. The predicted molar refractivity (Wildman–Crippen MR) is 88.4 cm³/mol. The Labute approximate surface area is 128 Å². The molecule has 2 aromatic rings. The summed E-state index contributed by atoms with van der Waals surface area (Å²) >= 11 is 7.63. The summed E-state index contributed by atoms with van der Waals surface area (Å²) < 4.78 is 2.37. The first kappa shape index (κ1) is 13.2. The summed E-state index contributed by atoms with van der Waals surface area (Å²) in [5.41, 5.74) is 1.20. The highest BCUT2D eigenvalue weighted by atomic mass is 127. The summed E-state index contributed by atoms with van der Waals surface area (Å²) in [5.74, 6) is 0. The van der Waals surface area contributed by atoms with Crippen LogP contribution in [0, 0.1) is 3.57 Å². The Morgan fingerprint density at radius 1 is 1.00 bits per heavy atom. The fourth-order valence-corrected chi connectivity index (χ4v) is 2.87. The van der Waals surface area contributed by atoms with E-state index in [4.69, 9.17) is 0 Å². The van der Waals surface area contributed by atoms with E-state index in [0.717, 1.165) is 4.48 Å². The van der Waals surface area contributed by atoms with E-state index in [2.05, 4.69) is 80.3 Å². The van der Waals surface area contributed by atoms with Gasteiger partial charge in [-0.05, 0) is 73.8 Å². The monoisotopic (exact) mass is 416 g/mol. The van der Waals surface area contributed by atoms with E-state index < -0.39 is 0 Å². The molecule has 2 aromatic carbocycles. The third kappa shape index (κ3) is 4.16. The number of thioether (sulfide) groups is 1. The van der Waals surface area contributed by atoms with Gasteiger partial charge in [-0.2, -0.15) is 0 Å². The Kier molecular flexibility index (Phi) is 5.13. The van der Waals surface area contributed by atoms with Crippen LogP contribution >= 0.6 is 50.3 Å². The van der Waals surface area contributed by atoms with Gasteiger partial charge in [0, 0.05) is 12.9 Å². The average molecular weight is 417 g/mol. The molecule has 0 fully saturated rings. The Bertz CT molecular complexity index is 506. The highest BCUT2D eigenvalue weighted by Gasteiger charge is 1.97. The van der Waals surface area contributed by atoms with Gasteiger partial charge in [-0.1, -0.05) is 42.1 Å². The summed E-state index contributed by atoms with van der Waals surface area (Å²) in [6.45, 7) is 0. The first-order valence-corrected chi connectivity index (χ1v) is 7.84. The summed E-state index contributed by atoms with van der Waals surface area (Å²) in [6.07, 6.45) is 0. The predicted octanol–water partition coefficient (Wildman–Crippen LogP) is 5.78. The highest BCUT2D eigenvalue weighted by Crippen LogP contribution is 2.28. The topological polar surface area (TPSA) is 0 Å². The van der Waals surface area contributed by atoms with Crippen LogP contribution in [0.5, 0.6) is 0 Å². The van der Waals surface area contributed by atoms with Crippen LogP contribution in [-0.4, -0.2) is 0 Å². The molecule has 0 heterocycles. The summed E-state index contributed by atoms with van der Waals surface area (Å²) in [7, 11) is 0. The van der Waals surface area contributed by atoms with E-state index in [0.29, 0.717) is 0 Å². The van der Waals surface area contributed by atoms with Crippen LogP contribution < -0.4 is 0 Å². The summed E-state index contributed by atoms with van der Waals surface area (Å²) in [6, 6.07) is 18.8. The van der Waals surface area contributed by atoms with Crippen molar-refractivity contribution in [1.29, 1.82) is 0 Å². The van der Waals surface area contributed by atoms with Gasteiger partial charge < -0.3 is 0 Å². The quantitative estimate of drug-likeness (QED) is 0.451. The SMILES string of the molecule is Br/C(=C/Sc1ccc(I)cc1)c1ccccc1. The van der Waals surface area contributed by atoms with E-state index in [9.17, 15) is 0 Å². The van der Waals surface area contributed by atoms with Gasteiger partial charge in [0.1, 0.15) is 0 Å². The molecule has 0 radical (unpaired) electrons. The summed E-state index contributed by atoms with van der Waals surface area (Å²) in [4.78, 5) is 1.25. The van der Waals surface area contributed by atoms with Crippen LogP contribution in [-0.2, 0) is 0 Å². The Morgan fingerprint density at radius 3 is 2.29 bits per heavy atom. The van der Waals surface area contributed by atoms with Crippen molar-refractivity contribution in [3.05, 3.63) is 69.1 Å². The lowest BCUT2D eigenvalue weighted by atomic mass is 10.2. The van der Waals surface area contributed by atoms with Crippen molar-refractivity contribution < 1.29 is 0 Å². The van der Waals surface area contributed by atoms with Crippen molar-refractivity contribution in [1.82, 2.24) is 0 Å². The van der Waals surface area contributed by atoms with Gasteiger partial charge >= 0.3 is 0 Å². The lowest BCUT2D eigenvalue weighted by Crippen LogP contribution is -1.74. The Balaban J connectivity index is 2.08. The second-order valence-corrected chi connectivity index (χ2v) is 6.45. The third-order valence-corrected chi connectivity index (χ3v) is 4.77. The third-order valence-electron chi connectivity index (χ3n) is 2.16. The van der Waals surface area contributed by atoms with Gasteiger partial charge in [-0.25, -0.2) is 0 Å². The standard InChI is InChI=1S/C14H10BrIS/c15-14(11-4-2-1-3-5-11)10-17-13-8-6-12(16)7-9-13/h1-10H/b14-10+. The number of hydrogen-bond donors (Lipinski definition) is 0. The molecule has 86 valence electrons. The van der Waals surface area contributed by atoms with Gasteiger partial charge in [-0.3, -0.25) is 0 Å². The van der Waals surface area contributed by atoms with Gasteiger partial charge in [0.25, 0.3) is 0 Å².